The second kappa shape index (κ2) is 2.86. The zero-order valence-corrected chi connectivity index (χ0v) is 6.52. The van der Waals surface area contributed by atoms with E-state index >= 15 is 0 Å². The molecule has 1 nitrogen and oxygen atoms in total. The average molecular weight is 221 g/mol. The Kier molecular flexibility index (Phi) is 2.27. The van der Waals surface area contributed by atoms with Crippen LogP contribution < -0.4 is 0 Å². The lowest BCUT2D eigenvalue weighted by Crippen LogP contribution is -2.03. The van der Waals surface area contributed by atoms with Crippen molar-refractivity contribution in [2.45, 2.75) is 12.4 Å². The Bertz CT molecular complexity index is 268. The van der Waals surface area contributed by atoms with E-state index in [1.807, 2.05) is 0 Å². The van der Waals surface area contributed by atoms with E-state index in [2.05, 4.69) is 4.98 Å². The van der Waals surface area contributed by atoms with E-state index in [-0.39, 0.29) is 6.20 Å². The van der Waals surface area contributed by atoms with Gasteiger partial charge in [-0.2, -0.15) is 26.3 Å². The quantitative estimate of drug-likeness (QED) is 0.613. The smallest absolute Gasteiger partial charge is 0.240 e. The molecule has 0 radical (unpaired) electrons. The Morgan fingerprint density at radius 2 is 1.54 bits per heavy atom. The van der Waals surface area contributed by atoms with Gasteiger partial charge in [-0.05, 0) is 0 Å². The highest BCUT2D eigenvalue weighted by Crippen LogP contribution is 2.38. The van der Waals surface area contributed by atoms with Gasteiger partial charge in [0.25, 0.3) is 0 Å². The minimum absolute atomic E-state index is 0.174. The Hall–Kier alpha value is -0.790. The first-order valence-corrected chi connectivity index (χ1v) is 3.63. The van der Waals surface area contributed by atoms with Gasteiger partial charge in [-0.25, -0.2) is 4.98 Å². The van der Waals surface area contributed by atoms with Crippen LogP contribution in [0.3, 0.4) is 0 Å². The van der Waals surface area contributed by atoms with Crippen molar-refractivity contribution >= 4 is 11.3 Å². The van der Waals surface area contributed by atoms with Gasteiger partial charge in [0, 0.05) is 0 Å². The van der Waals surface area contributed by atoms with Crippen LogP contribution in [0.25, 0.3) is 0 Å². The predicted molar refractivity (Wildman–Crippen MR) is 32.1 cm³/mol. The first-order chi connectivity index (χ1) is 5.71. The van der Waals surface area contributed by atoms with Crippen molar-refractivity contribution in [1.29, 1.82) is 0 Å². The summed E-state index contributed by atoms with van der Waals surface area (Å²) >= 11 is -0.414. The zero-order valence-electron chi connectivity index (χ0n) is 5.70. The SMILES string of the molecule is FC(F)(F)c1cnc(C(F)(F)F)s1. The normalized spacial score (nSPS) is 13.4. The highest BCUT2D eigenvalue weighted by Gasteiger charge is 2.40. The van der Waals surface area contributed by atoms with E-state index in [9.17, 15) is 26.3 Å². The first-order valence-electron chi connectivity index (χ1n) is 2.81. The van der Waals surface area contributed by atoms with Crippen LogP contribution in [-0.2, 0) is 12.4 Å². The fourth-order valence-electron chi connectivity index (χ4n) is 0.536. The molecule has 1 aromatic rings. The summed E-state index contributed by atoms with van der Waals surface area (Å²) in [5.41, 5.74) is 0. The Labute approximate surface area is 72.0 Å². The molecule has 0 aliphatic heterocycles. The second-order valence-electron chi connectivity index (χ2n) is 2.03. The lowest BCUT2D eigenvalue weighted by atomic mass is 10.5. The fourth-order valence-corrected chi connectivity index (χ4v) is 1.19. The molecule has 0 aliphatic rings. The number of aromatic nitrogens is 1. The molecule has 0 aromatic carbocycles. The first kappa shape index (κ1) is 10.3. The van der Waals surface area contributed by atoms with Crippen LogP contribution in [0.4, 0.5) is 26.3 Å². The number of thiazole rings is 1. The van der Waals surface area contributed by atoms with Crippen molar-refractivity contribution in [3.63, 3.8) is 0 Å². The lowest BCUT2D eigenvalue weighted by molar-refractivity contribution is -0.137. The maximum Gasteiger partial charge on any atom is 0.443 e. The minimum atomic E-state index is -4.81. The third-order valence-electron chi connectivity index (χ3n) is 1.03. The van der Waals surface area contributed by atoms with E-state index in [0.717, 1.165) is 0 Å². The van der Waals surface area contributed by atoms with E-state index in [0.29, 0.717) is 0 Å². The standard InChI is InChI=1S/C5HF6NS/c6-4(7,8)2-1-12-3(13-2)5(9,10)11/h1H. The van der Waals surface area contributed by atoms with Gasteiger partial charge in [0.2, 0.25) is 0 Å². The molecule has 0 saturated heterocycles. The molecule has 0 amide bonds. The number of rotatable bonds is 0. The highest BCUT2D eigenvalue weighted by atomic mass is 32.1. The topological polar surface area (TPSA) is 12.9 Å². The number of halogens is 6. The van der Waals surface area contributed by atoms with Gasteiger partial charge in [-0.1, -0.05) is 0 Å². The molecule has 0 atom stereocenters. The number of nitrogens with zero attached hydrogens (tertiary/aromatic N) is 1. The monoisotopic (exact) mass is 221 g/mol. The van der Waals surface area contributed by atoms with Crippen molar-refractivity contribution in [1.82, 2.24) is 4.98 Å². The fraction of sp³-hybridized carbons (Fsp3) is 0.400. The average Bonchev–Trinajstić information content (AvgIpc) is 2.28. The Balaban J connectivity index is 3.01. The van der Waals surface area contributed by atoms with E-state index in [1.165, 1.54) is 0 Å². The maximum absolute atomic E-state index is 11.8. The largest absolute Gasteiger partial charge is 0.443 e. The summed E-state index contributed by atoms with van der Waals surface area (Å²) in [6, 6.07) is 0. The molecule has 1 heterocycles. The molecule has 13 heavy (non-hydrogen) atoms. The maximum atomic E-state index is 11.8. The van der Waals surface area contributed by atoms with Gasteiger partial charge < -0.3 is 0 Å². The van der Waals surface area contributed by atoms with Crippen LogP contribution in [0.2, 0.25) is 0 Å². The summed E-state index contributed by atoms with van der Waals surface area (Å²) in [6.07, 6.45) is -9.40. The molecule has 0 unspecified atom stereocenters. The summed E-state index contributed by atoms with van der Waals surface area (Å²) < 4.78 is 70.7. The van der Waals surface area contributed by atoms with Crippen LogP contribution in [-0.4, -0.2) is 4.98 Å². The molecular formula is C5HF6NS. The minimum Gasteiger partial charge on any atom is -0.240 e. The lowest BCUT2D eigenvalue weighted by Gasteiger charge is -2.01. The molecule has 1 aromatic heterocycles. The summed E-state index contributed by atoms with van der Waals surface area (Å²) in [4.78, 5) is 1.28. The van der Waals surface area contributed by atoms with Crippen molar-refractivity contribution in [3.05, 3.63) is 16.1 Å². The van der Waals surface area contributed by atoms with Gasteiger partial charge >= 0.3 is 12.4 Å². The van der Waals surface area contributed by atoms with E-state index in [1.54, 1.807) is 0 Å². The molecule has 8 heteroatoms. The third kappa shape index (κ3) is 2.33. The van der Waals surface area contributed by atoms with Gasteiger partial charge in [0.15, 0.2) is 5.01 Å². The van der Waals surface area contributed by atoms with Gasteiger partial charge in [-0.15, -0.1) is 11.3 Å². The van der Waals surface area contributed by atoms with E-state index < -0.39 is 33.6 Å². The number of alkyl halides is 6. The molecule has 0 spiro atoms. The molecule has 0 fully saturated rings. The summed E-state index contributed by atoms with van der Waals surface area (Å²) in [6.45, 7) is 0. The molecule has 0 saturated carbocycles. The van der Waals surface area contributed by atoms with Crippen LogP contribution in [0.5, 0.6) is 0 Å². The van der Waals surface area contributed by atoms with Gasteiger partial charge in [-0.3, -0.25) is 0 Å². The molecule has 1 rings (SSSR count). The summed E-state index contributed by atoms with van der Waals surface area (Å²) in [5, 5.41) is -1.49. The summed E-state index contributed by atoms with van der Waals surface area (Å²) in [7, 11) is 0. The van der Waals surface area contributed by atoms with Crippen LogP contribution in [0.1, 0.15) is 9.88 Å². The highest BCUT2D eigenvalue weighted by molar-refractivity contribution is 7.11. The molecule has 74 valence electrons. The molecular weight excluding hydrogens is 220 g/mol. The van der Waals surface area contributed by atoms with Crippen LogP contribution in [0, 0.1) is 0 Å². The van der Waals surface area contributed by atoms with Crippen molar-refractivity contribution < 1.29 is 26.3 Å². The molecule has 0 bridgehead atoms. The molecule has 0 aliphatic carbocycles. The van der Waals surface area contributed by atoms with Crippen molar-refractivity contribution in [2.24, 2.45) is 0 Å². The zero-order chi connectivity index (χ0) is 10.3. The number of hydrogen-bond donors (Lipinski definition) is 0. The number of hydrogen-bond acceptors (Lipinski definition) is 2. The van der Waals surface area contributed by atoms with Gasteiger partial charge in [0.05, 0.1) is 6.20 Å². The van der Waals surface area contributed by atoms with Crippen LogP contribution >= 0.6 is 11.3 Å². The third-order valence-corrected chi connectivity index (χ3v) is 2.11. The second-order valence-corrected chi connectivity index (χ2v) is 3.06. The predicted octanol–water partition coefficient (Wildman–Crippen LogP) is 3.18. The molecule has 0 N–H and O–H groups in total. The van der Waals surface area contributed by atoms with Gasteiger partial charge in [0.1, 0.15) is 4.88 Å². The Morgan fingerprint density at radius 3 is 1.77 bits per heavy atom. The Morgan fingerprint density at radius 1 is 1.00 bits per heavy atom. The van der Waals surface area contributed by atoms with Crippen LogP contribution in [0.15, 0.2) is 6.20 Å². The van der Waals surface area contributed by atoms with Crippen molar-refractivity contribution in [2.75, 3.05) is 0 Å². The van der Waals surface area contributed by atoms with E-state index in [4.69, 9.17) is 0 Å². The van der Waals surface area contributed by atoms with Crippen molar-refractivity contribution in [3.8, 4) is 0 Å². The summed E-state index contributed by atoms with van der Waals surface area (Å²) in [5.74, 6) is 0.